The number of carbonyl (C=O) groups excluding carboxylic acids is 2. The molecule has 12 nitrogen and oxygen atoms in total. The zero-order chi connectivity index (χ0) is 27.8. The Morgan fingerprint density at radius 1 is 0.692 bits per heavy atom. The van der Waals surface area contributed by atoms with Gasteiger partial charge in [0.2, 0.25) is 11.8 Å². The Balaban J connectivity index is 1.16. The predicted molar refractivity (Wildman–Crippen MR) is 144 cm³/mol. The van der Waals surface area contributed by atoms with Crippen molar-refractivity contribution in [3.63, 3.8) is 0 Å². The summed E-state index contributed by atoms with van der Waals surface area (Å²) in [7, 11) is 3.08. The van der Waals surface area contributed by atoms with Gasteiger partial charge in [-0.25, -0.2) is 0 Å². The average Bonchev–Trinajstić information content (AvgIpc) is 3.43. The van der Waals surface area contributed by atoms with Crippen LogP contribution in [-0.4, -0.2) is 46.2 Å². The van der Waals surface area contributed by atoms with Crippen LogP contribution in [0.25, 0.3) is 21.8 Å². The predicted octanol–water partition coefficient (Wildman–Crippen LogP) is 6.73. The number of hydrogen-bond acceptors (Lipinski definition) is 8. The summed E-state index contributed by atoms with van der Waals surface area (Å²) < 4.78 is 10.4. The third-order valence-corrected chi connectivity index (χ3v) is 6.22. The number of carbonyl (C=O) groups is 2. The highest BCUT2D eigenvalue weighted by molar-refractivity contribution is 5.96. The van der Waals surface area contributed by atoms with Gasteiger partial charge in [0.25, 0.3) is 11.8 Å². The van der Waals surface area contributed by atoms with E-state index in [0.29, 0.717) is 46.1 Å². The summed E-state index contributed by atoms with van der Waals surface area (Å²) in [4.78, 5) is 29.8. The van der Waals surface area contributed by atoms with E-state index >= 15 is 0 Å². The number of amides is 2. The molecule has 0 fully saturated rings. The number of aromatic amines is 2. The van der Waals surface area contributed by atoms with Gasteiger partial charge in [-0.1, -0.05) is 19.3 Å². The van der Waals surface area contributed by atoms with Crippen molar-refractivity contribution in [3.05, 3.63) is 36.4 Å². The van der Waals surface area contributed by atoms with E-state index in [1.165, 1.54) is 14.2 Å². The molecule has 0 saturated heterocycles. The van der Waals surface area contributed by atoms with Crippen LogP contribution in [0.15, 0.2) is 56.9 Å². The lowest BCUT2D eigenvalue weighted by molar-refractivity contribution is -0.119. The third-order valence-electron chi connectivity index (χ3n) is 6.22. The molecule has 0 aliphatic carbocycles. The van der Waals surface area contributed by atoms with E-state index in [1.54, 1.807) is 36.4 Å². The van der Waals surface area contributed by atoms with Crippen LogP contribution in [0, 0.1) is 0 Å². The first kappa shape index (κ1) is 27.3. The van der Waals surface area contributed by atoms with Gasteiger partial charge in [-0.15, -0.1) is 20.5 Å². The molecular weight excluding hydrogens is 504 g/mol. The van der Waals surface area contributed by atoms with Gasteiger partial charge in [-0.05, 0) is 49.2 Å². The standard InChI is InChI=1S/C27H30N6O6/c1-38-16-10-12-20-18(14-16)24(26(36)28-20)32-30-22(34)8-6-4-3-5-7-9-23(35)31-33-25-19-15-17(39-2)11-13-21(19)29-27(25)37/h10-15,28-29,36-37H,3-9H2,1-2H3. The largest absolute Gasteiger partial charge is 0.497 e. The highest BCUT2D eigenvalue weighted by atomic mass is 16.5. The SMILES string of the molecule is COc1ccc2[nH]c(O)c(N=NC(=O)CCCCCCCC(=O)N=Nc3c(O)[nH]c4ccc(OC)cc34)c2c1. The van der Waals surface area contributed by atoms with Crippen molar-refractivity contribution in [3.8, 4) is 23.3 Å². The molecule has 0 atom stereocenters. The van der Waals surface area contributed by atoms with Crippen LogP contribution in [-0.2, 0) is 9.59 Å². The molecule has 4 aromatic rings. The molecule has 2 aromatic heterocycles. The van der Waals surface area contributed by atoms with E-state index < -0.39 is 0 Å². The van der Waals surface area contributed by atoms with Gasteiger partial charge in [-0.2, -0.15) is 0 Å². The second kappa shape index (κ2) is 12.7. The van der Waals surface area contributed by atoms with E-state index in [4.69, 9.17) is 9.47 Å². The van der Waals surface area contributed by atoms with Crippen molar-refractivity contribution in [2.24, 2.45) is 20.5 Å². The number of ether oxygens (including phenoxy) is 2. The van der Waals surface area contributed by atoms with E-state index in [2.05, 4.69) is 30.4 Å². The molecule has 0 aliphatic heterocycles. The van der Waals surface area contributed by atoms with Gasteiger partial charge in [0.05, 0.1) is 25.3 Å². The van der Waals surface area contributed by atoms with Crippen molar-refractivity contribution in [2.45, 2.75) is 44.9 Å². The molecule has 0 radical (unpaired) electrons. The van der Waals surface area contributed by atoms with Crippen LogP contribution >= 0.6 is 0 Å². The third kappa shape index (κ3) is 6.78. The number of fused-ring (bicyclic) bond motifs is 2. The lowest BCUT2D eigenvalue weighted by Crippen LogP contribution is -1.93. The molecule has 12 heteroatoms. The molecular formula is C27H30N6O6. The van der Waals surface area contributed by atoms with Crippen molar-refractivity contribution >= 4 is 45.0 Å². The van der Waals surface area contributed by atoms with Crippen LogP contribution in [0.1, 0.15) is 44.9 Å². The highest BCUT2D eigenvalue weighted by Crippen LogP contribution is 2.38. The van der Waals surface area contributed by atoms with Gasteiger partial charge in [0, 0.05) is 23.6 Å². The van der Waals surface area contributed by atoms with Crippen LogP contribution in [0.4, 0.5) is 11.4 Å². The Hall–Kier alpha value is -4.74. The molecule has 0 aliphatic rings. The Kier molecular flexibility index (Phi) is 8.87. The summed E-state index contributed by atoms with van der Waals surface area (Å²) in [5, 5.41) is 36.7. The van der Waals surface area contributed by atoms with Crippen molar-refractivity contribution in [2.75, 3.05) is 14.2 Å². The second-order valence-electron chi connectivity index (χ2n) is 8.92. The number of aromatic nitrogens is 2. The lowest BCUT2D eigenvalue weighted by Gasteiger charge is -2.00. The fourth-order valence-electron chi connectivity index (χ4n) is 4.14. The Morgan fingerprint density at radius 2 is 1.10 bits per heavy atom. The van der Waals surface area contributed by atoms with Gasteiger partial charge in [0.15, 0.2) is 11.4 Å². The lowest BCUT2D eigenvalue weighted by atomic mass is 10.1. The molecule has 2 heterocycles. The first-order valence-electron chi connectivity index (χ1n) is 12.6. The number of unbranched alkanes of at least 4 members (excludes halogenated alkanes) is 4. The van der Waals surface area contributed by atoms with E-state index in [-0.39, 0.29) is 47.8 Å². The molecule has 0 spiro atoms. The smallest absolute Gasteiger partial charge is 0.264 e. The van der Waals surface area contributed by atoms with Gasteiger partial charge >= 0.3 is 0 Å². The van der Waals surface area contributed by atoms with Crippen LogP contribution in [0.5, 0.6) is 23.3 Å². The number of nitrogens with zero attached hydrogens (tertiary/aromatic N) is 4. The molecule has 2 aromatic carbocycles. The zero-order valence-electron chi connectivity index (χ0n) is 21.7. The first-order valence-corrected chi connectivity index (χ1v) is 12.6. The second-order valence-corrected chi connectivity index (χ2v) is 8.92. The Bertz CT molecular complexity index is 1420. The van der Waals surface area contributed by atoms with E-state index in [1.807, 2.05) is 0 Å². The van der Waals surface area contributed by atoms with Gasteiger partial charge < -0.3 is 29.7 Å². The van der Waals surface area contributed by atoms with Gasteiger partial charge in [-0.3, -0.25) is 9.59 Å². The summed E-state index contributed by atoms with van der Waals surface area (Å²) in [6.45, 7) is 0. The minimum Gasteiger partial charge on any atom is -0.497 e. The monoisotopic (exact) mass is 534 g/mol. The topological polar surface area (TPSA) is 174 Å². The molecule has 39 heavy (non-hydrogen) atoms. The van der Waals surface area contributed by atoms with E-state index in [0.717, 1.165) is 19.3 Å². The number of azo groups is 2. The molecule has 4 rings (SSSR count). The maximum Gasteiger partial charge on any atom is 0.264 e. The number of hydrogen-bond donors (Lipinski definition) is 4. The molecule has 204 valence electrons. The summed E-state index contributed by atoms with van der Waals surface area (Å²) in [6.07, 6.45) is 4.21. The normalized spacial score (nSPS) is 11.7. The van der Waals surface area contributed by atoms with Crippen LogP contribution in [0.2, 0.25) is 0 Å². The fourth-order valence-corrected chi connectivity index (χ4v) is 4.14. The number of H-pyrrole nitrogens is 2. The summed E-state index contributed by atoms with van der Waals surface area (Å²) in [5.74, 6) is 0.123. The van der Waals surface area contributed by atoms with Crippen LogP contribution in [0.3, 0.4) is 0 Å². The summed E-state index contributed by atoms with van der Waals surface area (Å²) in [5.41, 5.74) is 1.70. The van der Waals surface area contributed by atoms with E-state index in [9.17, 15) is 19.8 Å². The average molecular weight is 535 g/mol. The minimum atomic E-state index is -0.375. The van der Waals surface area contributed by atoms with Crippen molar-refractivity contribution < 1.29 is 29.3 Å². The maximum absolute atomic E-state index is 12.1. The molecule has 4 N–H and O–H groups in total. The first-order chi connectivity index (χ1) is 18.9. The Labute approximate surface area is 223 Å². The molecule has 2 amide bonds. The van der Waals surface area contributed by atoms with Crippen molar-refractivity contribution in [1.29, 1.82) is 0 Å². The number of methoxy groups -OCH3 is 2. The molecule has 0 bridgehead atoms. The Morgan fingerprint density at radius 3 is 1.51 bits per heavy atom. The highest BCUT2D eigenvalue weighted by Gasteiger charge is 2.13. The maximum atomic E-state index is 12.1. The number of benzene rings is 2. The quantitative estimate of drug-likeness (QED) is 0.116. The zero-order valence-corrected chi connectivity index (χ0v) is 21.7. The summed E-state index contributed by atoms with van der Waals surface area (Å²) >= 11 is 0. The molecule has 0 saturated carbocycles. The fraction of sp³-hybridized carbons (Fsp3) is 0.333. The number of rotatable bonds is 12. The summed E-state index contributed by atoms with van der Waals surface area (Å²) in [6, 6.07) is 10.4. The molecule has 0 unspecified atom stereocenters. The van der Waals surface area contributed by atoms with Crippen molar-refractivity contribution in [1.82, 2.24) is 9.97 Å². The van der Waals surface area contributed by atoms with Crippen LogP contribution < -0.4 is 9.47 Å². The number of aromatic hydroxyl groups is 2. The minimum absolute atomic E-state index is 0.164. The number of nitrogens with one attached hydrogen (secondary N) is 2. The van der Waals surface area contributed by atoms with Gasteiger partial charge in [0.1, 0.15) is 11.5 Å².